The number of nitrogens with one attached hydrogen (secondary N) is 2. The van der Waals surface area contributed by atoms with Crippen molar-refractivity contribution in [3.05, 3.63) is 42.1 Å². The van der Waals surface area contributed by atoms with Crippen molar-refractivity contribution in [3.8, 4) is 0 Å². The van der Waals surface area contributed by atoms with Gasteiger partial charge in [0.2, 0.25) is 0 Å². The summed E-state index contributed by atoms with van der Waals surface area (Å²) in [6.07, 6.45) is 4.88. The molecule has 7 heteroatoms. The molecule has 2 heterocycles. The third kappa shape index (κ3) is 3.77. The van der Waals surface area contributed by atoms with Crippen molar-refractivity contribution in [1.29, 1.82) is 0 Å². The fourth-order valence-electron chi connectivity index (χ4n) is 1.95. The monoisotopic (exact) mass is 291 g/mol. The molecule has 2 rings (SSSR count). The lowest BCUT2D eigenvalue weighted by atomic mass is 10.2. The SMILES string of the molecule is CCNc1nccc(C(=O)NC(C)Cn2cccn2)c1F. The van der Waals surface area contributed by atoms with Crippen LogP contribution in [-0.2, 0) is 6.54 Å². The van der Waals surface area contributed by atoms with Crippen molar-refractivity contribution < 1.29 is 9.18 Å². The van der Waals surface area contributed by atoms with Crippen LogP contribution in [0.4, 0.5) is 10.2 Å². The van der Waals surface area contributed by atoms with Gasteiger partial charge in [-0.3, -0.25) is 9.48 Å². The molecule has 1 unspecified atom stereocenters. The molecule has 0 radical (unpaired) electrons. The molecule has 2 aromatic heterocycles. The molecular formula is C14H18FN5O. The highest BCUT2D eigenvalue weighted by Gasteiger charge is 2.17. The number of carbonyl (C=O) groups excluding carboxylic acids is 1. The molecule has 21 heavy (non-hydrogen) atoms. The van der Waals surface area contributed by atoms with E-state index in [1.807, 2.05) is 13.8 Å². The number of nitrogens with zero attached hydrogens (tertiary/aromatic N) is 3. The van der Waals surface area contributed by atoms with Crippen molar-refractivity contribution in [1.82, 2.24) is 20.1 Å². The number of carbonyl (C=O) groups is 1. The van der Waals surface area contributed by atoms with E-state index in [1.54, 1.807) is 23.1 Å². The normalized spacial score (nSPS) is 12.0. The van der Waals surface area contributed by atoms with Crippen molar-refractivity contribution in [2.24, 2.45) is 0 Å². The lowest BCUT2D eigenvalue weighted by Gasteiger charge is -2.15. The summed E-state index contributed by atoms with van der Waals surface area (Å²) in [4.78, 5) is 16.0. The van der Waals surface area contributed by atoms with Crippen LogP contribution in [0.3, 0.4) is 0 Å². The second-order valence-electron chi connectivity index (χ2n) is 4.65. The van der Waals surface area contributed by atoms with E-state index in [1.165, 1.54) is 12.3 Å². The maximum atomic E-state index is 14.1. The molecule has 1 amide bonds. The van der Waals surface area contributed by atoms with Gasteiger partial charge in [0, 0.05) is 31.2 Å². The van der Waals surface area contributed by atoms with E-state index < -0.39 is 11.7 Å². The van der Waals surface area contributed by atoms with Gasteiger partial charge in [0.1, 0.15) is 0 Å². The molecule has 6 nitrogen and oxygen atoms in total. The molecule has 0 bridgehead atoms. The lowest BCUT2D eigenvalue weighted by Crippen LogP contribution is -2.36. The van der Waals surface area contributed by atoms with E-state index in [2.05, 4.69) is 20.7 Å². The van der Waals surface area contributed by atoms with Gasteiger partial charge < -0.3 is 10.6 Å². The average Bonchev–Trinajstić information content (AvgIpc) is 2.94. The Labute approximate surface area is 122 Å². The van der Waals surface area contributed by atoms with E-state index >= 15 is 0 Å². The van der Waals surface area contributed by atoms with Gasteiger partial charge in [0.25, 0.3) is 5.91 Å². The lowest BCUT2D eigenvalue weighted by molar-refractivity contribution is 0.0932. The van der Waals surface area contributed by atoms with Crippen LogP contribution in [0.1, 0.15) is 24.2 Å². The van der Waals surface area contributed by atoms with E-state index in [-0.39, 0.29) is 17.4 Å². The zero-order valence-corrected chi connectivity index (χ0v) is 12.0. The summed E-state index contributed by atoms with van der Waals surface area (Å²) in [5.41, 5.74) is -0.0201. The minimum atomic E-state index is -0.636. The van der Waals surface area contributed by atoms with E-state index in [0.29, 0.717) is 13.1 Å². The van der Waals surface area contributed by atoms with E-state index in [0.717, 1.165) is 0 Å². The zero-order chi connectivity index (χ0) is 15.2. The van der Waals surface area contributed by atoms with Gasteiger partial charge in [-0.2, -0.15) is 5.10 Å². The summed E-state index contributed by atoms with van der Waals surface area (Å²) in [5.74, 6) is -1.01. The number of anilines is 1. The van der Waals surface area contributed by atoms with Gasteiger partial charge in [-0.15, -0.1) is 0 Å². The maximum absolute atomic E-state index is 14.1. The Hall–Kier alpha value is -2.44. The van der Waals surface area contributed by atoms with Crippen LogP contribution in [0.2, 0.25) is 0 Å². The Balaban J connectivity index is 2.04. The number of rotatable bonds is 6. The predicted octanol–water partition coefficient (Wildman–Crippen LogP) is 1.67. The highest BCUT2D eigenvalue weighted by atomic mass is 19.1. The molecule has 0 aliphatic carbocycles. The second kappa shape index (κ2) is 6.83. The molecule has 0 aromatic carbocycles. The standard InChI is InChI=1S/C14H18FN5O/c1-3-16-13-12(15)11(5-7-17-13)14(21)19-10(2)9-20-8-4-6-18-20/h4-8,10H,3,9H2,1-2H3,(H,16,17)(H,19,21). The quantitative estimate of drug-likeness (QED) is 0.849. The Morgan fingerprint density at radius 2 is 2.29 bits per heavy atom. The molecule has 0 fully saturated rings. The molecule has 0 aliphatic rings. The van der Waals surface area contributed by atoms with E-state index in [9.17, 15) is 9.18 Å². The molecular weight excluding hydrogens is 273 g/mol. The topological polar surface area (TPSA) is 71.8 Å². The minimum Gasteiger partial charge on any atom is -0.368 e. The first-order valence-electron chi connectivity index (χ1n) is 6.78. The predicted molar refractivity (Wildman–Crippen MR) is 77.5 cm³/mol. The first-order valence-corrected chi connectivity index (χ1v) is 6.78. The van der Waals surface area contributed by atoms with Crippen LogP contribution in [0.5, 0.6) is 0 Å². The number of amides is 1. The fourth-order valence-corrected chi connectivity index (χ4v) is 1.95. The Bertz CT molecular complexity index is 599. The third-order valence-corrected chi connectivity index (χ3v) is 2.88. The van der Waals surface area contributed by atoms with Crippen LogP contribution in [0.25, 0.3) is 0 Å². The van der Waals surface area contributed by atoms with Crippen molar-refractivity contribution in [3.63, 3.8) is 0 Å². The molecule has 1 atom stereocenters. The summed E-state index contributed by atoms with van der Waals surface area (Å²) >= 11 is 0. The number of hydrogen-bond acceptors (Lipinski definition) is 4. The third-order valence-electron chi connectivity index (χ3n) is 2.88. The molecule has 2 aromatic rings. The van der Waals surface area contributed by atoms with Gasteiger partial charge in [-0.25, -0.2) is 9.37 Å². The number of pyridine rings is 1. The van der Waals surface area contributed by atoms with Crippen LogP contribution in [-0.4, -0.2) is 33.3 Å². The van der Waals surface area contributed by atoms with Crippen molar-refractivity contribution in [2.45, 2.75) is 26.4 Å². The minimum absolute atomic E-state index is 0.0201. The Kier molecular flexibility index (Phi) is 4.86. The van der Waals surface area contributed by atoms with Gasteiger partial charge >= 0.3 is 0 Å². The molecule has 112 valence electrons. The largest absolute Gasteiger partial charge is 0.368 e. The Morgan fingerprint density at radius 1 is 1.48 bits per heavy atom. The van der Waals surface area contributed by atoms with Crippen molar-refractivity contribution in [2.75, 3.05) is 11.9 Å². The zero-order valence-electron chi connectivity index (χ0n) is 12.0. The van der Waals surface area contributed by atoms with Gasteiger partial charge in [0.05, 0.1) is 12.1 Å². The highest BCUT2D eigenvalue weighted by Crippen LogP contribution is 2.14. The van der Waals surface area contributed by atoms with Gasteiger partial charge in [-0.05, 0) is 26.0 Å². The van der Waals surface area contributed by atoms with Crippen LogP contribution < -0.4 is 10.6 Å². The number of hydrogen-bond donors (Lipinski definition) is 2. The summed E-state index contributed by atoms with van der Waals surface area (Å²) < 4.78 is 15.8. The van der Waals surface area contributed by atoms with Crippen LogP contribution >= 0.6 is 0 Å². The summed E-state index contributed by atoms with van der Waals surface area (Å²) in [7, 11) is 0. The number of halogens is 1. The van der Waals surface area contributed by atoms with E-state index in [4.69, 9.17) is 0 Å². The second-order valence-corrected chi connectivity index (χ2v) is 4.65. The van der Waals surface area contributed by atoms with Crippen molar-refractivity contribution >= 4 is 11.7 Å². The fraction of sp³-hybridized carbons (Fsp3) is 0.357. The molecule has 0 spiro atoms. The summed E-state index contributed by atoms with van der Waals surface area (Å²) in [5, 5.41) is 9.59. The molecule has 0 saturated carbocycles. The number of aromatic nitrogens is 3. The molecule has 2 N–H and O–H groups in total. The van der Waals surface area contributed by atoms with Crippen LogP contribution in [0, 0.1) is 5.82 Å². The first-order chi connectivity index (χ1) is 10.1. The Morgan fingerprint density at radius 3 is 2.95 bits per heavy atom. The molecule has 0 aliphatic heterocycles. The smallest absolute Gasteiger partial charge is 0.254 e. The maximum Gasteiger partial charge on any atom is 0.254 e. The summed E-state index contributed by atoms with van der Waals surface area (Å²) in [6, 6.07) is 3.00. The highest BCUT2D eigenvalue weighted by molar-refractivity contribution is 5.95. The van der Waals surface area contributed by atoms with Gasteiger partial charge in [-0.1, -0.05) is 0 Å². The summed E-state index contributed by atoms with van der Waals surface area (Å²) in [6.45, 7) is 4.72. The molecule has 0 saturated heterocycles. The van der Waals surface area contributed by atoms with Gasteiger partial charge in [0.15, 0.2) is 11.6 Å². The van der Waals surface area contributed by atoms with Crippen LogP contribution in [0.15, 0.2) is 30.7 Å². The average molecular weight is 291 g/mol. The first kappa shape index (κ1) is 15.0.